The fourth-order valence-electron chi connectivity index (χ4n) is 3.56. The van der Waals surface area contributed by atoms with Crippen LogP contribution in [0.3, 0.4) is 0 Å². The van der Waals surface area contributed by atoms with Crippen molar-refractivity contribution in [2.75, 3.05) is 12.0 Å². The van der Waals surface area contributed by atoms with Crippen molar-refractivity contribution in [3.05, 3.63) is 102 Å². The zero-order valence-corrected chi connectivity index (χ0v) is 15.8. The van der Waals surface area contributed by atoms with Crippen molar-refractivity contribution in [3.63, 3.8) is 0 Å². The van der Waals surface area contributed by atoms with Gasteiger partial charge in [-0.1, -0.05) is 60.7 Å². The van der Waals surface area contributed by atoms with Gasteiger partial charge in [0.1, 0.15) is 11.5 Å². The second-order valence-electron chi connectivity index (χ2n) is 6.65. The number of aliphatic hydroxyl groups excluding tert-OH is 1. The molecule has 0 bridgehead atoms. The number of carbonyl (C=O) groups excluding carboxylic acids is 2. The average molecular weight is 385 g/mol. The first kappa shape index (κ1) is 18.5. The van der Waals surface area contributed by atoms with E-state index in [0.29, 0.717) is 17.0 Å². The van der Waals surface area contributed by atoms with E-state index >= 15 is 0 Å². The molecule has 0 spiro atoms. The summed E-state index contributed by atoms with van der Waals surface area (Å²) in [5.41, 5.74) is 1.79. The summed E-state index contributed by atoms with van der Waals surface area (Å²) in [7, 11) is 1.53. The number of ether oxygens (including phenoxy) is 1. The quantitative estimate of drug-likeness (QED) is 0.413. The summed E-state index contributed by atoms with van der Waals surface area (Å²) >= 11 is 0. The molecule has 1 fully saturated rings. The summed E-state index contributed by atoms with van der Waals surface area (Å²) in [4.78, 5) is 27.4. The Hall–Kier alpha value is -3.86. The van der Waals surface area contributed by atoms with Crippen molar-refractivity contribution in [2.24, 2.45) is 0 Å². The van der Waals surface area contributed by atoms with Crippen molar-refractivity contribution in [1.29, 1.82) is 0 Å². The highest BCUT2D eigenvalue weighted by atomic mass is 16.5. The van der Waals surface area contributed by atoms with Crippen LogP contribution in [0.4, 0.5) is 5.69 Å². The Labute approximate surface area is 168 Å². The molecule has 5 heteroatoms. The molecule has 1 aliphatic rings. The summed E-state index contributed by atoms with van der Waals surface area (Å²) < 4.78 is 5.22. The molecule has 0 saturated carbocycles. The third kappa shape index (κ3) is 3.27. The molecule has 1 aliphatic heterocycles. The van der Waals surface area contributed by atoms with Gasteiger partial charge in [-0.3, -0.25) is 14.5 Å². The van der Waals surface area contributed by atoms with E-state index in [1.165, 1.54) is 12.0 Å². The molecule has 29 heavy (non-hydrogen) atoms. The van der Waals surface area contributed by atoms with Crippen LogP contribution in [0.5, 0.6) is 5.75 Å². The predicted octanol–water partition coefficient (Wildman–Crippen LogP) is 4.32. The highest BCUT2D eigenvalue weighted by Crippen LogP contribution is 2.42. The van der Waals surface area contributed by atoms with Crippen LogP contribution in [-0.4, -0.2) is 23.9 Å². The van der Waals surface area contributed by atoms with Gasteiger partial charge in [0.2, 0.25) is 0 Å². The molecule has 1 saturated heterocycles. The van der Waals surface area contributed by atoms with Crippen molar-refractivity contribution in [3.8, 4) is 5.75 Å². The van der Waals surface area contributed by atoms with Gasteiger partial charge in [-0.25, -0.2) is 0 Å². The molecule has 144 valence electrons. The first-order chi connectivity index (χ1) is 14.1. The topological polar surface area (TPSA) is 66.8 Å². The minimum atomic E-state index is -0.732. The number of benzene rings is 3. The fourth-order valence-corrected chi connectivity index (χ4v) is 3.56. The van der Waals surface area contributed by atoms with Crippen LogP contribution in [0.2, 0.25) is 0 Å². The number of aliphatic hydroxyl groups is 1. The Bertz CT molecular complexity index is 1090. The number of hydrogen-bond acceptors (Lipinski definition) is 4. The lowest BCUT2D eigenvalue weighted by Crippen LogP contribution is -2.29. The highest BCUT2D eigenvalue weighted by Gasteiger charge is 2.46. The molecule has 5 nitrogen and oxygen atoms in total. The van der Waals surface area contributed by atoms with E-state index in [4.69, 9.17) is 4.74 Å². The molecule has 4 rings (SSSR count). The average Bonchev–Trinajstić information content (AvgIpc) is 3.05. The van der Waals surface area contributed by atoms with E-state index in [1.807, 2.05) is 36.4 Å². The number of ketones is 1. The van der Waals surface area contributed by atoms with E-state index in [9.17, 15) is 14.7 Å². The Morgan fingerprint density at radius 1 is 0.897 bits per heavy atom. The Kier molecular flexibility index (Phi) is 4.87. The number of anilines is 1. The zero-order valence-electron chi connectivity index (χ0n) is 15.8. The first-order valence-corrected chi connectivity index (χ1v) is 9.17. The van der Waals surface area contributed by atoms with Crippen LogP contribution in [-0.2, 0) is 9.59 Å². The van der Waals surface area contributed by atoms with Gasteiger partial charge >= 0.3 is 0 Å². The lowest BCUT2D eigenvalue weighted by atomic mass is 9.95. The van der Waals surface area contributed by atoms with Crippen LogP contribution in [0.15, 0.2) is 90.5 Å². The lowest BCUT2D eigenvalue weighted by Gasteiger charge is -2.25. The Balaban J connectivity index is 1.94. The van der Waals surface area contributed by atoms with Gasteiger partial charge in [0, 0.05) is 11.3 Å². The number of rotatable bonds is 4. The first-order valence-electron chi connectivity index (χ1n) is 9.17. The van der Waals surface area contributed by atoms with Gasteiger partial charge in [0.05, 0.1) is 18.7 Å². The Morgan fingerprint density at radius 2 is 1.55 bits per heavy atom. The van der Waals surface area contributed by atoms with E-state index in [0.717, 1.165) is 5.56 Å². The van der Waals surface area contributed by atoms with Gasteiger partial charge in [0.15, 0.2) is 0 Å². The van der Waals surface area contributed by atoms with Crippen molar-refractivity contribution in [1.82, 2.24) is 0 Å². The van der Waals surface area contributed by atoms with Gasteiger partial charge in [0.25, 0.3) is 11.7 Å². The number of nitrogens with zero attached hydrogens (tertiary/aromatic N) is 1. The monoisotopic (exact) mass is 385 g/mol. The molecule has 0 radical (unpaired) electrons. The number of carbonyl (C=O) groups is 2. The summed E-state index contributed by atoms with van der Waals surface area (Å²) in [5.74, 6) is -1.07. The third-order valence-electron chi connectivity index (χ3n) is 4.94. The molecule has 1 heterocycles. The second-order valence-corrected chi connectivity index (χ2v) is 6.65. The van der Waals surface area contributed by atoms with E-state index in [2.05, 4.69) is 0 Å². The minimum Gasteiger partial charge on any atom is -0.507 e. The molecule has 0 aromatic heterocycles. The third-order valence-corrected chi connectivity index (χ3v) is 4.94. The largest absolute Gasteiger partial charge is 0.507 e. The molecule has 0 aliphatic carbocycles. The maximum Gasteiger partial charge on any atom is 0.300 e. The fraction of sp³-hybridized carbons (Fsp3) is 0.0833. The van der Waals surface area contributed by atoms with Gasteiger partial charge in [-0.05, 0) is 29.8 Å². The number of Topliss-reactive ketones (excluding diaryl/α,β-unsaturated/α-hetero) is 1. The highest BCUT2D eigenvalue weighted by molar-refractivity contribution is 6.51. The van der Waals surface area contributed by atoms with E-state index in [1.54, 1.807) is 48.5 Å². The summed E-state index contributed by atoms with van der Waals surface area (Å²) in [6, 6.07) is 24.2. The van der Waals surface area contributed by atoms with E-state index in [-0.39, 0.29) is 11.3 Å². The number of methoxy groups -OCH3 is 1. The minimum absolute atomic E-state index is 0.0540. The van der Waals surface area contributed by atoms with Crippen LogP contribution >= 0.6 is 0 Å². The van der Waals surface area contributed by atoms with Crippen molar-refractivity contribution in [2.45, 2.75) is 6.04 Å². The van der Waals surface area contributed by atoms with Gasteiger partial charge < -0.3 is 9.84 Å². The molecule has 1 unspecified atom stereocenters. The number of hydrogen-bond donors (Lipinski definition) is 1. The van der Waals surface area contributed by atoms with Crippen LogP contribution < -0.4 is 9.64 Å². The van der Waals surface area contributed by atoms with Crippen molar-refractivity contribution >= 4 is 23.1 Å². The predicted molar refractivity (Wildman–Crippen MR) is 111 cm³/mol. The summed E-state index contributed by atoms with van der Waals surface area (Å²) in [6.45, 7) is 0. The molecule has 3 aromatic carbocycles. The molecule has 1 atom stereocenters. The molecular weight excluding hydrogens is 366 g/mol. The van der Waals surface area contributed by atoms with Crippen LogP contribution in [0, 0.1) is 0 Å². The standard InChI is InChI=1S/C24H19NO4/c1-29-19-14-8-11-17(15-19)22(26)20-21(16-9-4-2-5-10-16)25(24(28)23(20)27)18-12-6-3-7-13-18/h2-15,21,26H,1H3/b22-20-. The zero-order chi connectivity index (χ0) is 20.4. The smallest absolute Gasteiger partial charge is 0.300 e. The van der Waals surface area contributed by atoms with Gasteiger partial charge in [-0.15, -0.1) is 0 Å². The van der Waals surface area contributed by atoms with Crippen LogP contribution in [0.1, 0.15) is 17.2 Å². The van der Waals surface area contributed by atoms with Crippen molar-refractivity contribution < 1.29 is 19.4 Å². The molecular formula is C24H19NO4. The number of amides is 1. The van der Waals surface area contributed by atoms with Crippen LogP contribution in [0.25, 0.3) is 5.76 Å². The van der Waals surface area contributed by atoms with Gasteiger partial charge in [-0.2, -0.15) is 0 Å². The lowest BCUT2D eigenvalue weighted by molar-refractivity contribution is -0.132. The molecule has 1 N–H and O–H groups in total. The second kappa shape index (κ2) is 7.64. The summed E-state index contributed by atoms with van der Waals surface area (Å²) in [5, 5.41) is 11.0. The van der Waals surface area contributed by atoms with E-state index < -0.39 is 17.7 Å². The maximum atomic E-state index is 13.0. The molecule has 1 amide bonds. The normalized spacial score (nSPS) is 18.1. The molecule has 3 aromatic rings. The summed E-state index contributed by atoms with van der Waals surface area (Å²) in [6.07, 6.45) is 0. The maximum absolute atomic E-state index is 13.0. The number of para-hydroxylation sites is 1. The Morgan fingerprint density at radius 3 is 2.21 bits per heavy atom. The SMILES string of the molecule is COc1cccc(/C(O)=C2/C(=O)C(=O)N(c3ccccc3)C2c2ccccc2)c1.